The molecule has 0 aliphatic rings. The summed E-state index contributed by atoms with van der Waals surface area (Å²) in [6, 6.07) is 16.1. The van der Waals surface area contributed by atoms with Gasteiger partial charge in [-0.1, -0.05) is 36.4 Å². The standard InChI is InChI=1S/C22H22O4/c1-23-19-12-15(11-17-7-5-6-8-18(17)19)9-10-16-13-20(24-2)22(26-4)21(14-16)25-3/h5-14H,1-4H3/b10-9+. The summed E-state index contributed by atoms with van der Waals surface area (Å²) in [5.41, 5.74) is 2.00. The molecule has 0 heterocycles. The van der Waals surface area contributed by atoms with E-state index in [4.69, 9.17) is 18.9 Å². The zero-order valence-corrected chi connectivity index (χ0v) is 15.4. The lowest BCUT2D eigenvalue weighted by molar-refractivity contribution is 0.324. The van der Waals surface area contributed by atoms with E-state index in [1.54, 1.807) is 28.4 Å². The minimum atomic E-state index is 0.583. The van der Waals surface area contributed by atoms with Gasteiger partial charge in [-0.25, -0.2) is 0 Å². The van der Waals surface area contributed by atoms with Crippen LogP contribution >= 0.6 is 0 Å². The Bertz CT molecular complexity index is 919. The van der Waals surface area contributed by atoms with Crippen molar-refractivity contribution in [1.82, 2.24) is 0 Å². The molecule has 0 aromatic heterocycles. The summed E-state index contributed by atoms with van der Waals surface area (Å²) in [7, 11) is 6.50. The predicted octanol–water partition coefficient (Wildman–Crippen LogP) is 5.04. The van der Waals surface area contributed by atoms with E-state index in [1.165, 1.54) is 0 Å². The molecule has 0 aliphatic carbocycles. The van der Waals surface area contributed by atoms with Crippen LogP contribution in [-0.2, 0) is 0 Å². The Morgan fingerprint density at radius 2 is 1.15 bits per heavy atom. The van der Waals surface area contributed by atoms with E-state index < -0.39 is 0 Å². The highest BCUT2D eigenvalue weighted by molar-refractivity contribution is 5.91. The highest BCUT2D eigenvalue weighted by atomic mass is 16.5. The van der Waals surface area contributed by atoms with Gasteiger partial charge in [-0.05, 0) is 40.8 Å². The molecule has 0 N–H and O–H groups in total. The van der Waals surface area contributed by atoms with Crippen molar-refractivity contribution in [3.63, 3.8) is 0 Å². The molecule has 4 nitrogen and oxygen atoms in total. The Kier molecular flexibility index (Phi) is 5.32. The van der Waals surface area contributed by atoms with E-state index in [0.29, 0.717) is 17.2 Å². The average Bonchev–Trinajstić information content (AvgIpc) is 2.70. The number of ether oxygens (including phenoxy) is 4. The summed E-state index contributed by atoms with van der Waals surface area (Å²) < 4.78 is 21.7. The number of hydrogen-bond acceptors (Lipinski definition) is 4. The fourth-order valence-corrected chi connectivity index (χ4v) is 2.95. The third-order valence-electron chi connectivity index (χ3n) is 4.22. The van der Waals surface area contributed by atoms with Crippen LogP contribution in [0.15, 0.2) is 48.5 Å². The molecule has 0 spiro atoms. The number of fused-ring (bicyclic) bond motifs is 1. The van der Waals surface area contributed by atoms with Gasteiger partial charge in [0.05, 0.1) is 28.4 Å². The van der Waals surface area contributed by atoms with Crippen LogP contribution in [0.2, 0.25) is 0 Å². The molecule has 26 heavy (non-hydrogen) atoms. The molecule has 3 aromatic rings. The topological polar surface area (TPSA) is 36.9 Å². The molecule has 134 valence electrons. The highest BCUT2D eigenvalue weighted by Gasteiger charge is 2.12. The SMILES string of the molecule is COc1cc(/C=C/c2cc(OC)c3ccccc3c2)cc(OC)c1OC. The molecule has 0 unspecified atom stereocenters. The molecule has 0 saturated carbocycles. The van der Waals surface area contributed by atoms with Gasteiger partial charge in [-0.15, -0.1) is 0 Å². The molecule has 0 atom stereocenters. The number of benzene rings is 3. The fourth-order valence-electron chi connectivity index (χ4n) is 2.95. The maximum Gasteiger partial charge on any atom is 0.203 e. The molecule has 0 saturated heterocycles. The first-order chi connectivity index (χ1) is 12.7. The summed E-state index contributed by atoms with van der Waals surface area (Å²) >= 11 is 0. The first kappa shape index (κ1) is 17.7. The summed E-state index contributed by atoms with van der Waals surface area (Å²) in [5, 5.41) is 2.23. The van der Waals surface area contributed by atoms with Crippen LogP contribution in [0, 0.1) is 0 Å². The second-order valence-electron chi connectivity index (χ2n) is 5.74. The van der Waals surface area contributed by atoms with Crippen molar-refractivity contribution in [2.75, 3.05) is 28.4 Å². The van der Waals surface area contributed by atoms with Gasteiger partial charge in [0, 0.05) is 5.39 Å². The lowest BCUT2D eigenvalue weighted by Gasteiger charge is -2.13. The van der Waals surface area contributed by atoms with Crippen LogP contribution in [0.3, 0.4) is 0 Å². The van der Waals surface area contributed by atoms with E-state index in [0.717, 1.165) is 27.6 Å². The summed E-state index contributed by atoms with van der Waals surface area (Å²) in [4.78, 5) is 0. The molecular formula is C22H22O4. The summed E-state index contributed by atoms with van der Waals surface area (Å²) in [5.74, 6) is 2.69. The molecule has 0 radical (unpaired) electrons. The lowest BCUT2D eigenvalue weighted by Crippen LogP contribution is -1.95. The second kappa shape index (κ2) is 7.83. The van der Waals surface area contributed by atoms with Crippen LogP contribution in [0.4, 0.5) is 0 Å². The summed E-state index contributed by atoms with van der Waals surface area (Å²) in [6.45, 7) is 0. The molecular weight excluding hydrogens is 328 g/mol. The van der Waals surface area contributed by atoms with Gasteiger partial charge in [-0.3, -0.25) is 0 Å². The third kappa shape index (κ3) is 3.45. The van der Waals surface area contributed by atoms with Gasteiger partial charge in [0.25, 0.3) is 0 Å². The zero-order chi connectivity index (χ0) is 18.5. The zero-order valence-electron chi connectivity index (χ0n) is 15.4. The predicted molar refractivity (Wildman–Crippen MR) is 106 cm³/mol. The van der Waals surface area contributed by atoms with Crippen molar-refractivity contribution in [1.29, 1.82) is 0 Å². The van der Waals surface area contributed by atoms with Crippen LogP contribution in [0.25, 0.3) is 22.9 Å². The minimum Gasteiger partial charge on any atom is -0.496 e. The maximum atomic E-state index is 5.53. The molecule has 3 rings (SSSR count). The van der Waals surface area contributed by atoms with E-state index >= 15 is 0 Å². The maximum absolute atomic E-state index is 5.53. The van der Waals surface area contributed by atoms with Crippen molar-refractivity contribution in [3.8, 4) is 23.0 Å². The number of rotatable bonds is 6. The lowest BCUT2D eigenvalue weighted by atomic mass is 10.0. The fraction of sp³-hybridized carbons (Fsp3) is 0.182. The van der Waals surface area contributed by atoms with Crippen molar-refractivity contribution in [2.24, 2.45) is 0 Å². The second-order valence-corrected chi connectivity index (χ2v) is 5.74. The Balaban J connectivity index is 2.01. The van der Waals surface area contributed by atoms with Crippen molar-refractivity contribution in [2.45, 2.75) is 0 Å². The molecule has 0 fully saturated rings. The van der Waals surface area contributed by atoms with Gasteiger partial charge in [0.15, 0.2) is 11.5 Å². The van der Waals surface area contributed by atoms with Gasteiger partial charge in [0.1, 0.15) is 5.75 Å². The number of hydrogen-bond donors (Lipinski definition) is 0. The Hall–Kier alpha value is -3.14. The minimum absolute atomic E-state index is 0.583. The van der Waals surface area contributed by atoms with Crippen LogP contribution in [-0.4, -0.2) is 28.4 Å². The Morgan fingerprint density at radius 3 is 1.73 bits per heavy atom. The Labute approximate surface area is 153 Å². The van der Waals surface area contributed by atoms with Crippen LogP contribution in [0.1, 0.15) is 11.1 Å². The van der Waals surface area contributed by atoms with Gasteiger partial charge >= 0.3 is 0 Å². The van der Waals surface area contributed by atoms with Gasteiger partial charge in [0.2, 0.25) is 5.75 Å². The van der Waals surface area contributed by atoms with E-state index in [-0.39, 0.29) is 0 Å². The third-order valence-corrected chi connectivity index (χ3v) is 4.22. The smallest absolute Gasteiger partial charge is 0.203 e. The molecule has 3 aromatic carbocycles. The van der Waals surface area contributed by atoms with Crippen LogP contribution in [0.5, 0.6) is 23.0 Å². The first-order valence-corrected chi connectivity index (χ1v) is 8.25. The van der Waals surface area contributed by atoms with Crippen molar-refractivity contribution in [3.05, 3.63) is 59.7 Å². The molecule has 0 bridgehead atoms. The normalized spacial score (nSPS) is 10.9. The van der Waals surface area contributed by atoms with Crippen molar-refractivity contribution >= 4 is 22.9 Å². The molecule has 4 heteroatoms. The first-order valence-electron chi connectivity index (χ1n) is 8.25. The van der Waals surface area contributed by atoms with E-state index in [9.17, 15) is 0 Å². The largest absolute Gasteiger partial charge is 0.496 e. The monoisotopic (exact) mass is 350 g/mol. The molecule has 0 amide bonds. The highest BCUT2D eigenvalue weighted by Crippen LogP contribution is 2.38. The van der Waals surface area contributed by atoms with E-state index in [2.05, 4.69) is 18.2 Å². The van der Waals surface area contributed by atoms with Gasteiger partial charge < -0.3 is 18.9 Å². The summed E-state index contributed by atoms with van der Waals surface area (Å²) in [6.07, 6.45) is 4.05. The quantitative estimate of drug-likeness (QED) is 0.583. The van der Waals surface area contributed by atoms with Crippen LogP contribution < -0.4 is 18.9 Å². The van der Waals surface area contributed by atoms with Gasteiger partial charge in [-0.2, -0.15) is 0 Å². The average molecular weight is 350 g/mol. The Morgan fingerprint density at radius 1 is 0.615 bits per heavy atom. The molecule has 0 aliphatic heterocycles. The van der Waals surface area contributed by atoms with E-state index in [1.807, 2.05) is 42.5 Å². The van der Waals surface area contributed by atoms with Crippen molar-refractivity contribution < 1.29 is 18.9 Å². The number of methoxy groups -OCH3 is 4.